The molecule has 0 amide bonds. The average molecular weight is 331 g/mol. The van der Waals surface area contributed by atoms with Crippen LogP contribution in [0.4, 0.5) is 5.82 Å². The number of anilines is 1. The number of aromatic nitrogens is 3. The molecule has 24 heavy (non-hydrogen) atoms. The summed E-state index contributed by atoms with van der Waals surface area (Å²) >= 11 is 0. The predicted molar refractivity (Wildman–Crippen MR) is 91.8 cm³/mol. The summed E-state index contributed by atoms with van der Waals surface area (Å²) in [5.74, 6) is 2.61. The summed E-state index contributed by atoms with van der Waals surface area (Å²) in [5.41, 5.74) is 0.818. The predicted octanol–water partition coefficient (Wildman–Crippen LogP) is 2.21. The summed E-state index contributed by atoms with van der Waals surface area (Å²) in [6, 6.07) is 3.85. The number of morpholine rings is 1. The molecule has 3 rings (SSSR count). The highest BCUT2D eigenvalue weighted by atomic mass is 16.5. The molecule has 1 N–H and O–H groups in total. The Morgan fingerprint density at radius 3 is 2.92 bits per heavy atom. The lowest BCUT2D eigenvalue weighted by atomic mass is 10.2. The van der Waals surface area contributed by atoms with Crippen molar-refractivity contribution in [1.82, 2.24) is 20.0 Å². The number of hydrogen-bond acceptors (Lipinski definition) is 7. The molecule has 0 saturated carbocycles. The molecule has 7 heteroatoms. The van der Waals surface area contributed by atoms with Crippen LogP contribution in [0.3, 0.4) is 0 Å². The van der Waals surface area contributed by atoms with Gasteiger partial charge in [-0.1, -0.05) is 19.0 Å². The van der Waals surface area contributed by atoms with Crippen LogP contribution in [0.1, 0.15) is 19.7 Å². The molecule has 1 aliphatic heterocycles. The Kier molecular flexibility index (Phi) is 5.42. The van der Waals surface area contributed by atoms with Gasteiger partial charge in [0.25, 0.3) is 5.89 Å². The van der Waals surface area contributed by atoms with Crippen LogP contribution in [0.15, 0.2) is 22.9 Å². The number of hydrogen-bond donors (Lipinski definition) is 1. The molecule has 2 aromatic heterocycles. The van der Waals surface area contributed by atoms with Gasteiger partial charge in [-0.05, 0) is 25.0 Å². The maximum atomic E-state index is 5.84. The van der Waals surface area contributed by atoms with Crippen LogP contribution in [0.2, 0.25) is 0 Å². The first kappa shape index (κ1) is 16.9. The van der Waals surface area contributed by atoms with E-state index in [-0.39, 0.29) is 6.10 Å². The molecule has 0 aliphatic carbocycles. The number of nitrogens with zero attached hydrogens (tertiary/aromatic N) is 4. The van der Waals surface area contributed by atoms with Gasteiger partial charge in [-0.25, -0.2) is 4.98 Å². The number of nitrogens with one attached hydrogen (secondary N) is 1. The fraction of sp³-hybridized carbons (Fsp3) is 0.588. The monoisotopic (exact) mass is 331 g/mol. The molecule has 130 valence electrons. The molecule has 3 heterocycles. The highest BCUT2D eigenvalue weighted by Crippen LogP contribution is 2.17. The molecule has 1 saturated heterocycles. The summed E-state index contributed by atoms with van der Waals surface area (Å²) in [6.07, 6.45) is 1.93. The van der Waals surface area contributed by atoms with Crippen LogP contribution in [0, 0.1) is 12.8 Å². The zero-order valence-electron chi connectivity index (χ0n) is 14.5. The van der Waals surface area contributed by atoms with Gasteiger partial charge in [0.1, 0.15) is 5.82 Å². The summed E-state index contributed by atoms with van der Waals surface area (Å²) in [7, 11) is 0. The molecule has 7 nitrogen and oxygen atoms in total. The van der Waals surface area contributed by atoms with Gasteiger partial charge in [0.15, 0.2) is 5.82 Å². The molecule has 0 bridgehead atoms. The Labute approximate surface area is 142 Å². The van der Waals surface area contributed by atoms with E-state index < -0.39 is 0 Å². The Hall–Kier alpha value is -1.99. The normalized spacial score (nSPS) is 18.9. The SMILES string of the molecule is Cc1noc(-c2ccc(NCC3CN(CC(C)C)CCO3)nc2)n1. The van der Waals surface area contributed by atoms with E-state index in [9.17, 15) is 0 Å². The number of pyridine rings is 1. The van der Waals surface area contributed by atoms with E-state index in [1.54, 1.807) is 13.1 Å². The van der Waals surface area contributed by atoms with E-state index in [0.29, 0.717) is 17.6 Å². The Bertz CT molecular complexity index is 641. The third-order valence-electron chi connectivity index (χ3n) is 3.90. The lowest BCUT2D eigenvalue weighted by molar-refractivity contribution is -0.0244. The molecule has 1 fully saturated rings. The van der Waals surface area contributed by atoms with Crippen LogP contribution >= 0.6 is 0 Å². The van der Waals surface area contributed by atoms with Gasteiger partial charge >= 0.3 is 0 Å². The van der Waals surface area contributed by atoms with Crippen molar-refractivity contribution in [3.63, 3.8) is 0 Å². The topological polar surface area (TPSA) is 76.3 Å². The molecule has 1 aliphatic rings. The smallest absolute Gasteiger partial charge is 0.259 e. The zero-order valence-corrected chi connectivity index (χ0v) is 14.5. The van der Waals surface area contributed by atoms with E-state index in [4.69, 9.17) is 9.26 Å². The Morgan fingerprint density at radius 1 is 1.38 bits per heavy atom. The Morgan fingerprint density at radius 2 is 2.25 bits per heavy atom. The molecule has 1 unspecified atom stereocenters. The van der Waals surface area contributed by atoms with Crippen molar-refractivity contribution in [3.8, 4) is 11.5 Å². The first-order chi connectivity index (χ1) is 11.6. The molecule has 1 atom stereocenters. The minimum atomic E-state index is 0.192. The van der Waals surface area contributed by atoms with Gasteiger partial charge in [0.2, 0.25) is 0 Å². The lowest BCUT2D eigenvalue weighted by Gasteiger charge is -2.34. The van der Waals surface area contributed by atoms with Crippen LogP contribution in [-0.2, 0) is 4.74 Å². The minimum Gasteiger partial charge on any atom is -0.374 e. The number of ether oxygens (including phenoxy) is 1. The van der Waals surface area contributed by atoms with Crippen molar-refractivity contribution >= 4 is 5.82 Å². The van der Waals surface area contributed by atoms with Crippen molar-refractivity contribution in [2.45, 2.75) is 26.9 Å². The van der Waals surface area contributed by atoms with Crippen LogP contribution in [0.5, 0.6) is 0 Å². The summed E-state index contributed by atoms with van der Waals surface area (Å²) in [4.78, 5) is 11.1. The van der Waals surface area contributed by atoms with Crippen LogP contribution < -0.4 is 5.32 Å². The van der Waals surface area contributed by atoms with Gasteiger partial charge in [0.05, 0.1) is 18.3 Å². The highest BCUT2D eigenvalue weighted by molar-refractivity contribution is 5.54. The minimum absolute atomic E-state index is 0.192. The maximum Gasteiger partial charge on any atom is 0.259 e. The van der Waals surface area contributed by atoms with E-state index in [2.05, 4.69) is 39.2 Å². The quantitative estimate of drug-likeness (QED) is 0.869. The van der Waals surface area contributed by atoms with E-state index in [0.717, 1.165) is 44.2 Å². The summed E-state index contributed by atoms with van der Waals surface area (Å²) < 4.78 is 11.0. The largest absolute Gasteiger partial charge is 0.374 e. The van der Waals surface area contributed by atoms with Crippen molar-refractivity contribution < 1.29 is 9.26 Å². The van der Waals surface area contributed by atoms with E-state index in [1.807, 2.05) is 12.1 Å². The second-order valence-corrected chi connectivity index (χ2v) is 6.61. The van der Waals surface area contributed by atoms with Gasteiger partial charge in [-0.2, -0.15) is 4.98 Å². The second kappa shape index (κ2) is 7.72. The fourth-order valence-electron chi connectivity index (χ4n) is 2.84. The average Bonchev–Trinajstić information content (AvgIpc) is 3.00. The number of aryl methyl sites for hydroxylation is 1. The molecular formula is C17H25N5O2. The fourth-order valence-corrected chi connectivity index (χ4v) is 2.84. The van der Waals surface area contributed by atoms with Crippen molar-refractivity contribution in [1.29, 1.82) is 0 Å². The van der Waals surface area contributed by atoms with Gasteiger partial charge in [-0.15, -0.1) is 0 Å². The number of rotatable bonds is 6. The zero-order chi connectivity index (χ0) is 16.9. The standard InChI is InChI=1S/C17H25N5O2/c1-12(2)10-22-6-7-23-15(11-22)9-19-16-5-4-14(8-18-16)17-20-13(3)21-24-17/h4-5,8,12,15H,6-7,9-11H2,1-3H3,(H,18,19). The van der Waals surface area contributed by atoms with Gasteiger partial charge < -0.3 is 14.6 Å². The molecular weight excluding hydrogens is 306 g/mol. The van der Waals surface area contributed by atoms with Crippen LogP contribution in [-0.4, -0.2) is 58.9 Å². The first-order valence-corrected chi connectivity index (χ1v) is 8.44. The van der Waals surface area contributed by atoms with E-state index in [1.165, 1.54) is 0 Å². The third-order valence-corrected chi connectivity index (χ3v) is 3.90. The van der Waals surface area contributed by atoms with Gasteiger partial charge in [-0.3, -0.25) is 4.90 Å². The van der Waals surface area contributed by atoms with Crippen molar-refractivity contribution in [3.05, 3.63) is 24.2 Å². The van der Waals surface area contributed by atoms with Crippen molar-refractivity contribution in [2.75, 3.05) is 38.1 Å². The third kappa shape index (κ3) is 4.52. The summed E-state index contributed by atoms with van der Waals surface area (Å²) in [5, 5.41) is 7.13. The second-order valence-electron chi connectivity index (χ2n) is 6.61. The lowest BCUT2D eigenvalue weighted by Crippen LogP contribution is -2.46. The molecule has 0 aromatic carbocycles. The highest BCUT2D eigenvalue weighted by Gasteiger charge is 2.20. The maximum absolute atomic E-state index is 5.84. The molecule has 0 spiro atoms. The first-order valence-electron chi connectivity index (χ1n) is 8.44. The Balaban J connectivity index is 1.51. The van der Waals surface area contributed by atoms with E-state index >= 15 is 0 Å². The molecule has 2 aromatic rings. The molecule has 0 radical (unpaired) electrons. The van der Waals surface area contributed by atoms with Crippen LogP contribution in [0.25, 0.3) is 11.5 Å². The summed E-state index contributed by atoms with van der Waals surface area (Å²) in [6.45, 7) is 10.9. The van der Waals surface area contributed by atoms with Crippen molar-refractivity contribution in [2.24, 2.45) is 5.92 Å². The van der Waals surface area contributed by atoms with Gasteiger partial charge in [0, 0.05) is 32.4 Å².